The largest absolute Gasteiger partial charge is 0.456 e. The first kappa shape index (κ1) is 29.9. The molecule has 256 valence electrons. The van der Waals surface area contributed by atoms with Crippen LogP contribution >= 0.6 is 0 Å². The van der Waals surface area contributed by atoms with Crippen LogP contribution < -0.4 is 15.8 Å². The summed E-state index contributed by atoms with van der Waals surface area (Å²) in [4.78, 5) is 2.57. The molecule has 12 rings (SSSR count). The summed E-state index contributed by atoms with van der Waals surface area (Å²) >= 11 is 0. The molecule has 5 heterocycles. The number of hydrogen-bond donors (Lipinski definition) is 0. The van der Waals surface area contributed by atoms with E-state index in [0.29, 0.717) is 0 Å². The maximum Gasteiger partial charge on any atom is 0.339 e. The van der Waals surface area contributed by atoms with Crippen molar-refractivity contribution in [3.8, 4) is 11.1 Å². The normalized spacial score (nSPS) is 16.6. The zero-order valence-corrected chi connectivity index (χ0v) is 31.0. The molecule has 0 saturated carbocycles. The lowest BCUT2D eigenvalue weighted by atomic mass is 9.44. The van der Waals surface area contributed by atoms with Crippen molar-refractivity contribution in [2.24, 2.45) is 0 Å². The molecule has 0 fully saturated rings. The highest BCUT2D eigenvalue weighted by molar-refractivity contribution is 6.91. The van der Waals surface area contributed by atoms with Crippen LogP contribution in [0.3, 0.4) is 0 Å². The second-order valence-electron chi connectivity index (χ2n) is 17.3. The van der Waals surface area contributed by atoms with Gasteiger partial charge in [-0.3, -0.25) is 0 Å². The molecule has 5 heteroatoms. The van der Waals surface area contributed by atoms with E-state index in [9.17, 15) is 0 Å². The van der Waals surface area contributed by atoms with Gasteiger partial charge in [0, 0.05) is 55.2 Å². The second-order valence-corrected chi connectivity index (χ2v) is 17.3. The second kappa shape index (κ2) is 9.65. The zero-order chi connectivity index (χ0) is 35.7. The maximum atomic E-state index is 7.01. The van der Waals surface area contributed by atoms with Crippen LogP contribution in [0.5, 0.6) is 0 Å². The highest BCUT2D eigenvalue weighted by Gasteiger charge is 2.46. The van der Waals surface area contributed by atoms with Crippen LogP contribution in [0.2, 0.25) is 0 Å². The Morgan fingerprint density at radius 3 is 2.08 bits per heavy atom. The molecule has 9 aromatic rings. The third kappa shape index (κ3) is 3.63. The van der Waals surface area contributed by atoms with Gasteiger partial charge in [-0.05, 0) is 107 Å². The summed E-state index contributed by atoms with van der Waals surface area (Å²) in [6.45, 7) is 14.1. The molecule has 0 saturated heterocycles. The van der Waals surface area contributed by atoms with E-state index >= 15 is 0 Å². The Hall–Kier alpha value is -5.68. The minimum atomic E-state index is -0.167. The Labute approximate surface area is 308 Å². The molecule has 0 atom stereocenters. The van der Waals surface area contributed by atoms with E-state index < -0.39 is 0 Å². The van der Waals surface area contributed by atoms with Crippen molar-refractivity contribution in [1.29, 1.82) is 0 Å². The van der Waals surface area contributed by atoms with Crippen LogP contribution in [0.25, 0.3) is 66.0 Å². The average Bonchev–Trinajstić information content (AvgIpc) is 3.81. The molecule has 3 aromatic heterocycles. The molecule has 6 aromatic carbocycles. The molecule has 53 heavy (non-hydrogen) atoms. The van der Waals surface area contributed by atoms with Gasteiger partial charge in [0.15, 0.2) is 5.71 Å². The number of hydrogen-bond acceptors (Lipinski definition) is 3. The molecule has 0 spiro atoms. The summed E-state index contributed by atoms with van der Waals surface area (Å²) in [5.41, 5.74) is 19.2. The Morgan fingerprint density at radius 2 is 1.28 bits per heavy atom. The van der Waals surface area contributed by atoms with Crippen molar-refractivity contribution in [3.05, 3.63) is 125 Å². The summed E-state index contributed by atoms with van der Waals surface area (Å²) < 4.78 is 16.4. The summed E-state index contributed by atoms with van der Waals surface area (Å²) in [7, 11) is 0. The van der Waals surface area contributed by atoms with Crippen molar-refractivity contribution in [2.75, 3.05) is 4.90 Å². The maximum absolute atomic E-state index is 7.01. The number of benzene rings is 6. The van der Waals surface area contributed by atoms with Crippen molar-refractivity contribution in [1.82, 2.24) is 4.48 Å². The summed E-state index contributed by atoms with van der Waals surface area (Å²) in [6, 6.07) is 38.3. The van der Waals surface area contributed by atoms with Crippen molar-refractivity contribution in [2.45, 2.75) is 65.2 Å². The van der Waals surface area contributed by atoms with Crippen LogP contribution in [0.4, 0.5) is 17.1 Å². The van der Waals surface area contributed by atoms with Crippen LogP contribution in [0.1, 0.15) is 62.8 Å². The summed E-state index contributed by atoms with van der Waals surface area (Å²) in [5, 5.41) is 5.85. The van der Waals surface area contributed by atoms with Crippen LogP contribution in [-0.4, -0.2) is 11.3 Å². The minimum absolute atomic E-state index is 0.0752. The van der Waals surface area contributed by atoms with Crippen molar-refractivity contribution in [3.63, 3.8) is 0 Å². The lowest BCUT2D eigenvalue weighted by Gasteiger charge is -2.44. The van der Waals surface area contributed by atoms with Gasteiger partial charge in [0.25, 0.3) is 0 Å². The van der Waals surface area contributed by atoms with Gasteiger partial charge in [-0.25, -0.2) is 0 Å². The van der Waals surface area contributed by atoms with Gasteiger partial charge < -0.3 is 18.2 Å². The number of aromatic nitrogens is 1. The molecule has 2 aliphatic heterocycles. The Balaban J connectivity index is 1.27. The van der Waals surface area contributed by atoms with E-state index in [1.165, 1.54) is 84.8 Å². The first-order valence-corrected chi connectivity index (χ1v) is 19.1. The Morgan fingerprint density at radius 1 is 0.585 bits per heavy atom. The summed E-state index contributed by atoms with van der Waals surface area (Å²) in [6.07, 6.45) is 2.36. The first-order chi connectivity index (χ1) is 25.6. The van der Waals surface area contributed by atoms with Gasteiger partial charge >= 0.3 is 6.85 Å². The van der Waals surface area contributed by atoms with Crippen LogP contribution in [0, 0.1) is 13.8 Å². The minimum Gasteiger partial charge on any atom is -0.456 e. The molecule has 0 unspecified atom stereocenters. The predicted molar refractivity (Wildman–Crippen MR) is 222 cm³/mol. The third-order valence-corrected chi connectivity index (χ3v) is 13.2. The van der Waals surface area contributed by atoms with E-state index in [4.69, 9.17) is 8.83 Å². The monoisotopic (exact) mass is 686 g/mol. The number of rotatable bonds is 1. The van der Waals surface area contributed by atoms with Gasteiger partial charge in [0.1, 0.15) is 16.7 Å². The van der Waals surface area contributed by atoms with Crippen LogP contribution in [0.15, 0.2) is 112 Å². The Kier molecular flexibility index (Phi) is 5.43. The molecule has 0 amide bonds. The lowest BCUT2D eigenvalue weighted by molar-refractivity contribution is 0.332. The number of anilines is 3. The number of aryl methyl sites for hydroxylation is 2. The fourth-order valence-corrected chi connectivity index (χ4v) is 10.5. The number of para-hydroxylation sites is 3. The molecule has 4 nitrogen and oxygen atoms in total. The van der Waals surface area contributed by atoms with Gasteiger partial charge in [0.2, 0.25) is 0 Å². The molecule has 0 bridgehead atoms. The number of nitrogens with zero attached hydrogens (tertiary/aromatic N) is 2. The van der Waals surface area contributed by atoms with E-state index in [-0.39, 0.29) is 17.7 Å². The van der Waals surface area contributed by atoms with Crippen LogP contribution in [-0.2, 0) is 10.8 Å². The van der Waals surface area contributed by atoms with E-state index in [1.54, 1.807) is 0 Å². The smallest absolute Gasteiger partial charge is 0.339 e. The zero-order valence-electron chi connectivity index (χ0n) is 31.0. The molecule has 3 aliphatic rings. The number of fused-ring (bicyclic) bond motifs is 14. The standard InChI is InChI=1S/C48H39BN2O2/c1-26-22-33-29-14-11-15-32-41-31-13-8-10-17-40(31)53-46(41)51(44(29)32)49-42(33)38(23-26)50(36-19-18-30-28-12-7-9-16-39(28)52-45(30)43(36)49)37-25-35-34(24-27(37)2)47(3,4)20-21-48(35,5)6/h7-19,22-25H,20-21H2,1-6H3. The van der Waals surface area contributed by atoms with Gasteiger partial charge in [0.05, 0.1) is 5.39 Å². The Bertz CT molecular complexity index is 3120. The molecule has 0 radical (unpaired) electrons. The van der Waals surface area contributed by atoms with Gasteiger partial charge in [-0.2, -0.15) is 0 Å². The van der Waals surface area contributed by atoms with Gasteiger partial charge in [-0.1, -0.05) is 94.4 Å². The van der Waals surface area contributed by atoms with E-state index in [2.05, 4.69) is 154 Å². The predicted octanol–water partition coefficient (Wildman–Crippen LogP) is 11.8. The van der Waals surface area contributed by atoms with Crippen molar-refractivity contribution >= 4 is 89.7 Å². The molecule has 0 N–H and O–H groups in total. The third-order valence-electron chi connectivity index (χ3n) is 13.2. The van der Waals surface area contributed by atoms with E-state index in [0.717, 1.165) is 44.3 Å². The highest BCUT2D eigenvalue weighted by Crippen LogP contribution is 2.52. The fourth-order valence-electron chi connectivity index (χ4n) is 10.5. The number of furan rings is 2. The fraction of sp³-hybridized carbons (Fsp3) is 0.208. The van der Waals surface area contributed by atoms with E-state index in [1.807, 2.05) is 0 Å². The topological polar surface area (TPSA) is 34.5 Å². The molecule has 1 aliphatic carbocycles. The first-order valence-electron chi connectivity index (χ1n) is 19.1. The summed E-state index contributed by atoms with van der Waals surface area (Å²) in [5.74, 6) is 0. The highest BCUT2D eigenvalue weighted by atomic mass is 16.3. The SMILES string of the molecule is Cc1cc2c3c(c1)N(c1cc4c(cc1C)C(C)(C)CCC4(C)C)c1ccc4c(oc5ccccc54)c1B3n1c3oc4ccccc4c3c3cccc-2c31. The quantitative estimate of drug-likeness (QED) is 0.161. The molecular weight excluding hydrogens is 647 g/mol. The average molecular weight is 687 g/mol. The van der Waals surface area contributed by atoms with Gasteiger partial charge in [-0.15, -0.1) is 0 Å². The van der Waals surface area contributed by atoms with Crippen molar-refractivity contribution < 1.29 is 8.83 Å². The molecular formula is C48H39BN2O2. The lowest BCUT2D eigenvalue weighted by Crippen LogP contribution is -2.57.